The first kappa shape index (κ1) is 30.9. The zero-order valence-corrected chi connectivity index (χ0v) is 21.4. The molecule has 0 rings (SSSR count). The zero-order valence-electron chi connectivity index (χ0n) is 17.8. The molecule has 0 amide bonds. The van der Waals surface area contributed by atoms with E-state index in [9.17, 15) is 21.4 Å². The van der Waals surface area contributed by atoms with Crippen LogP contribution in [0.15, 0.2) is 0 Å². The third kappa shape index (κ3) is 14.7. The molecule has 164 valence electrons. The van der Waals surface area contributed by atoms with E-state index in [4.69, 9.17) is 9.47 Å². The van der Waals surface area contributed by atoms with Crippen LogP contribution in [0.4, 0.5) is 0 Å². The van der Waals surface area contributed by atoms with E-state index in [-0.39, 0.29) is 29.6 Å². The third-order valence-corrected chi connectivity index (χ3v) is 6.72. The van der Waals surface area contributed by atoms with Gasteiger partial charge in [0.25, 0.3) is 0 Å². The molecule has 0 aliphatic carbocycles. The molecule has 0 N–H and O–H groups in total. The van der Waals surface area contributed by atoms with E-state index in [1.54, 1.807) is 0 Å². The van der Waals surface area contributed by atoms with E-state index < -0.39 is 30.7 Å². The molecule has 0 saturated heterocycles. The Hall–Kier alpha value is 0.740. The van der Waals surface area contributed by atoms with E-state index in [1.807, 2.05) is 0 Å². The summed E-state index contributed by atoms with van der Waals surface area (Å²) in [6.45, 7) is 5.67. The standard InChI is InChI=1S/C17H36O8S2.Na/c1-4-6-8-10-12-14-23-17(3,24-15-13-11-9-7-5-2)16-25-27(21,22)26(18,19)20;/h4-16H2,1-3H3,(H,18,19,20);/q;+1/p-1. The van der Waals surface area contributed by atoms with Crippen molar-refractivity contribution in [2.45, 2.75) is 90.8 Å². The van der Waals surface area contributed by atoms with Gasteiger partial charge in [-0.3, -0.25) is 4.18 Å². The average molecular weight is 455 g/mol. The quantitative estimate of drug-likeness (QED) is 0.0965. The maximum atomic E-state index is 11.4. The molecular weight excluding hydrogens is 419 g/mol. The molecule has 0 heterocycles. The summed E-state index contributed by atoms with van der Waals surface area (Å²) in [5.74, 6) is -1.44. The maximum absolute atomic E-state index is 11.4. The topological polar surface area (TPSA) is 119 Å². The van der Waals surface area contributed by atoms with E-state index in [2.05, 4.69) is 18.0 Å². The van der Waals surface area contributed by atoms with Crippen LogP contribution < -0.4 is 29.6 Å². The summed E-state index contributed by atoms with van der Waals surface area (Å²) in [5, 5.41) is 0. The minimum absolute atomic E-state index is 0. The van der Waals surface area contributed by atoms with Crippen LogP contribution >= 0.6 is 0 Å². The van der Waals surface area contributed by atoms with Crippen molar-refractivity contribution in [1.29, 1.82) is 0 Å². The molecule has 0 bridgehead atoms. The molecule has 0 aromatic carbocycles. The first-order valence-corrected chi connectivity index (χ1v) is 13.0. The number of rotatable bonds is 18. The van der Waals surface area contributed by atoms with Crippen LogP contribution in [0, 0.1) is 0 Å². The molecule has 0 aromatic heterocycles. The van der Waals surface area contributed by atoms with Gasteiger partial charge in [0.05, 0.1) is 13.2 Å². The van der Waals surface area contributed by atoms with Gasteiger partial charge in [0.2, 0.25) is 9.15 Å². The second-order valence-corrected chi connectivity index (χ2v) is 11.1. The van der Waals surface area contributed by atoms with Gasteiger partial charge in [-0.2, -0.15) is 8.42 Å². The number of ether oxygens (including phenoxy) is 2. The van der Waals surface area contributed by atoms with Crippen molar-refractivity contribution in [3.63, 3.8) is 0 Å². The first-order chi connectivity index (χ1) is 12.6. The van der Waals surface area contributed by atoms with Gasteiger partial charge >= 0.3 is 38.7 Å². The van der Waals surface area contributed by atoms with Crippen molar-refractivity contribution in [1.82, 2.24) is 0 Å². The van der Waals surface area contributed by atoms with Crippen LogP contribution in [0.5, 0.6) is 0 Å². The molecule has 8 nitrogen and oxygen atoms in total. The Labute approximate surface area is 192 Å². The van der Waals surface area contributed by atoms with Gasteiger partial charge < -0.3 is 14.0 Å². The normalized spacial score (nSPS) is 12.7. The number of hydrogen-bond donors (Lipinski definition) is 0. The van der Waals surface area contributed by atoms with Crippen molar-refractivity contribution >= 4 is 18.3 Å². The Morgan fingerprint density at radius 3 is 1.50 bits per heavy atom. The SMILES string of the molecule is CCCCCCCOC(C)(COS(=O)(=O)S(=O)(=O)[O-])OCCCCCCC.[Na+]. The molecule has 0 atom stereocenters. The smallest absolute Gasteiger partial charge is 0.734 e. The number of hydrogen-bond acceptors (Lipinski definition) is 8. The predicted molar refractivity (Wildman–Crippen MR) is 102 cm³/mol. The molecule has 0 unspecified atom stereocenters. The van der Waals surface area contributed by atoms with Crippen LogP contribution in [0.25, 0.3) is 0 Å². The van der Waals surface area contributed by atoms with Crippen LogP contribution in [0.1, 0.15) is 85.0 Å². The Bertz CT molecular complexity index is 562. The minimum atomic E-state index is -5.61. The second kappa shape index (κ2) is 16.4. The van der Waals surface area contributed by atoms with Gasteiger partial charge in [0.1, 0.15) is 6.61 Å². The molecule has 0 aliphatic rings. The minimum Gasteiger partial charge on any atom is -0.734 e. The van der Waals surface area contributed by atoms with Gasteiger partial charge in [0.15, 0.2) is 5.79 Å². The summed E-state index contributed by atoms with van der Waals surface area (Å²) in [4.78, 5) is 0. The van der Waals surface area contributed by atoms with E-state index in [0.29, 0.717) is 13.2 Å². The maximum Gasteiger partial charge on any atom is 1.00 e. The van der Waals surface area contributed by atoms with E-state index in [0.717, 1.165) is 64.2 Å². The van der Waals surface area contributed by atoms with Crippen molar-refractivity contribution in [2.75, 3.05) is 19.8 Å². The summed E-state index contributed by atoms with van der Waals surface area (Å²) in [6.07, 6.45) is 10.1. The van der Waals surface area contributed by atoms with E-state index >= 15 is 0 Å². The molecule has 11 heteroatoms. The molecule has 0 aromatic rings. The molecule has 0 radical (unpaired) electrons. The van der Waals surface area contributed by atoms with Crippen LogP contribution in [-0.2, 0) is 32.0 Å². The fourth-order valence-corrected chi connectivity index (χ4v) is 3.32. The van der Waals surface area contributed by atoms with Gasteiger partial charge in [-0.15, -0.1) is 0 Å². The van der Waals surface area contributed by atoms with Gasteiger partial charge in [-0.1, -0.05) is 65.2 Å². The Kier molecular flexibility index (Phi) is 18.2. The Balaban J connectivity index is 0. The fourth-order valence-electron chi connectivity index (χ4n) is 2.35. The number of unbranched alkanes of at least 4 members (excludes halogenated alkanes) is 8. The molecule has 0 saturated carbocycles. The summed E-state index contributed by atoms with van der Waals surface area (Å²) in [6, 6.07) is 0. The van der Waals surface area contributed by atoms with E-state index in [1.165, 1.54) is 6.92 Å². The summed E-state index contributed by atoms with van der Waals surface area (Å²) < 4.78 is 70.6. The van der Waals surface area contributed by atoms with Crippen molar-refractivity contribution < 1.29 is 64.6 Å². The summed E-state index contributed by atoms with van der Waals surface area (Å²) in [5.41, 5.74) is 0. The molecule has 28 heavy (non-hydrogen) atoms. The van der Waals surface area contributed by atoms with Crippen molar-refractivity contribution in [3.05, 3.63) is 0 Å². The molecule has 0 fully saturated rings. The van der Waals surface area contributed by atoms with Crippen LogP contribution in [0.3, 0.4) is 0 Å². The summed E-state index contributed by atoms with van der Waals surface area (Å²) in [7, 11) is -10.9. The second-order valence-electron chi connectivity index (χ2n) is 6.74. The van der Waals surface area contributed by atoms with Crippen molar-refractivity contribution in [3.8, 4) is 0 Å². The molecule has 0 aliphatic heterocycles. The third-order valence-electron chi connectivity index (χ3n) is 4.03. The van der Waals surface area contributed by atoms with Crippen molar-refractivity contribution in [2.24, 2.45) is 0 Å². The summed E-state index contributed by atoms with van der Waals surface area (Å²) >= 11 is 0. The largest absolute Gasteiger partial charge is 1.00 e. The van der Waals surface area contributed by atoms with Crippen LogP contribution in [0.2, 0.25) is 0 Å². The molecular formula is C17H35NaO8S2. The average Bonchev–Trinajstić information content (AvgIpc) is 2.59. The van der Waals surface area contributed by atoms with Gasteiger partial charge in [-0.25, -0.2) is 8.42 Å². The first-order valence-electron chi connectivity index (χ1n) is 9.71. The Morgan fingerprint density at radius 1 is 0.750 bits per heavy atom. The zero-order chi connectivity index (χ0) is 20.8. The van der Waals surface area contributed by atoms with Gasteiger partial charge in [-0.05, 0) is 19.8 Å². The van der Waals surface area contributed by atoms with Gasteiger partial charge in [0, 0.05) is 0 Å². The Morgan fingerprint density at radius 2 is 1.14 bits per heavy atom. The van der Waals surface area contributed by atoms with Crippen LogP contribution in [-0.4, -0.2) is 47.0 Å². The fraction of sp³-hybridized carbons (Fsp3) is 1.00. The molecule has 0 spiro atoms. The monoisotopic (exact) mass is 454 g/mol. The predicted octanol–water partition coefficient (Wildman–Crippen LogP) is 0.487.